The molecule has 1 atom stereocenters. The number of carbonyl (C=O) groups excluding carboxylic acids is 3. The average Bonchev–Trinajstić information content (AvgIpc) is 3.35. The number of halogens is 2. The van der Waals surface area contributed by atoms with E-state index in [1.54, 1.807) is 63.1 Å². The summed E-state index contributed by atoms with van der Waals surface area (Å²) in [6, 6.07) is 13.5. The molecule has 2 aromatic carbocycles. The smallest absolute Gasteiger partial charge is 0.325 e. The Kier molecular flexibility index (Phi) is 9.74. The molecule has 1 unspecified atom stereocenters. The fourth-order valence-corrected chi connectivity index (χ4v) is 5.52. The number of aromatic nitrogens is 2. The molecule has 4 aromatic rings. The summed E-state index contributed by atoms with van der Waals surface area (Å²) in [7, 11) is 4.23. The van der Waals surface area contributed by atoms with Gasteiger partial charge in [-0.2, -0.15) is 0 Å². The zero-order chi connectivity index (χ0) is 34.7. The molecule has 250 valence electrons. The number of carbonyl (C=O) groups is 3. The minimum Gasteiger partial charge on any atom is -0.497 e. The van der Waals surface area contributed by atoms with Gasteiger partial charge >= 0.3 is 11.9 Å². The first-order chi connectivity index (χ1) is 22.8. The normalized spacial score (nSPS) is 13.2. The van der Waals surface area contributed by atoms with Crippen molar-refractivity contribution < 1.29 is 42.1 Å². The van der Waals surface area contributed by atoms with Gasteiger partial charge in [0.05, 0.1) is 56.9 Å². The zero-order valence-corrected chi connectivity index (χ0v) is 27.4. The molecule has 2 aromatic heterocycles. The van der Waals surface area contributed by atoms with Gasteiger partial charge in [0.1, 0.15) is 28.7 Å². The minimum atomic E-state index is -1.36. The lowest BCUT2D eigenvalue weighted by atomic mass is 9.97. The molecule has 0 radical (unpaired) electrons. The largest absolute Gasteiger partial charge is 0.497 e. The zero-order valence-electron chi connectivity index (χ0n) is 27.4. The third-order valence-corrected chi connectivity index (χ3v) is 7.72. The Labute approximate surface area is 276 Å². The Morgan fingerprint density at radius 2 is 1.65 bits per heavy atom. The van der Waals surface area contributed by atoms with Gasteiger partial charge in [0.15, 0.2) is 5.92 Å². The maximum atomic E-state index is 14.9. The highest BCUT2D eigenvalue weighted by molar-refractivity contribution is 6.01. The summed E-state index contributed by atoms with van der Waals surface area (Å²) in [6.45, 7) is 5.32. The third kappa shape index (κ3) is 7.12. The fourth-order valence-electron chi connectivity index (χ4n) is 5.52. The van der Waals surface area contributed by atoms with Crippen molar-refractivity contribution in [2.45, 2.75) is 51.8 Å². The van der Waals surface area contributed by atoms with Gasteiger partial charge in [0, 0.05) is 29.9 Å². The number of fused-ring (bicyclic) bond motifs is 1. The van der Waals surface area contributed by atoms with E-state index in [9.17, 15) is 23.2 Å². The number of esters is 2. The molecule has 5 rings (SSSR count). The van der Waals surface area contributed by atoms with Crippen LogP contribution in [-0.2, 0) is 38.6 Å². The first-order valence-corrected chi connectivity index (χ1v) is 15.1. The van der Waals surface area contributed by atoms with Gasteiger partial charge in [0.25, 0.3) is 5.91 Å². The molecule has 0 bridgehead atoms. The second kappa shape index (κ2) is 13.8. The van der Waals surface area contributed by atoms with E-state index in [-0.39, 0.29) is 42.2 Å². The number of hydrogen-bond acceptors (Lipinski definition) is 9. The molecular formula is C36H35F2N3O7. The van der Waals surface area contributed by atoms with Crippen molar-refractivity contribution in [3.63, 3.8) is 0 Å². The van der Waals surface area contributed by atoms with Crippen LogP contribution in [0.5, 0.6) is 11.5 Å². The van der Waals surface area contributed by atoms with Crippen molar-refractivity contribution in [1.29, 1.82) is 0 Å². The van der Waals surface area contributed by atoms with Crippen molar-refractivity contribution in [2.75, 3.05) is 21.3 Å². The Balaban J connectivity index is 1.52. The first-order valence-electron chi connectivity index (χ1n) is 15.1. The number of ether oxygens (including phenoxy) is 4. The Morgan fingerprint density at radius 3 is 2.25 bits per heavy atom. The summed E-state index contributed by atoms with van der Waals surface area (Å²) >= 11 is 0. The van der Waals surface area contributed by atoms with E-state index < -0.39 is 35.1 Å². The van der Waals surface area contributed by atoms with Crippen molar-refractivity contribution in [3.05, 3.63) is 106 Å². The lowest BCUT2D eigenvalue weighted by Gasteiger charge is -2.23. The second-order valence-electron chi connectivity index (χ2n) is 12.2. The quantitative estimate of drug-likeness (QED) is 0.154. The summed E-state index contributed by atoms with van der Waals surface area (Å²) in [4.78, 5) is 50.0. The van der Waals surface area contributed by atoms with Crippen molar-refractivity contribution in [1.82, 2.24) is 14.9 Å². The summed E-state index contributed by atoms with van der Waals surface area (Å²) in [5.41, 5.74) is 1.42. The number of pyridine rings is 2. The molecule has 0 fully saturated rings. The van der Waals surface area contributed by atoms with Crippen LogP contribution in [0.3, 0.4) is 0 Å². The number of hydrogen-bond donors (Lipinski definition) is 0. The Bertz CT molecular complexity index is 1850. The lowest BCUT2D eigenvalue weighted by Crippen LogP contribution is -2.32. The van der Waals surface area contributed by atoms with Crippen LogP contribution < -0.4 is 9.47 Å². The summed E-state index contributed by atoms with van der Waals surface area (Å²) in [5.74, 6) is -3.74. The molecule has 12 heteroatoms. The molecule has 1 aliphatic heterocycles. The highest BCUT2D eigenvalue weighted by Crippen LogP contribution is 2.35. The molecule has 1 aliphatic rings. The van der Waals surface area contributed by atoms with E-state index in [2.05, 4.69) is 9.97 Å². The second-order valence-corrected chi connectivity index (χ2v) is 12.2. The summed E-state index contributed by atoms with van der Waals surface area (Å²) in [6.07, 6.45) is 1.44. The Hall–Kier alpha value is -5.39. The number of rotatable bonds is 10. The number of methoxy groups -OCH3 is 3. The molecule has 1 amide bonds. The molecule has 3 heterocycles. The van der Waals surface area contributed by atoms with Gasteiger partial charge in [-0.25, -0.2) is 13.8 Å². The number of benzene rings is 2. The molecule has 0 saturated heterocycles. The van der Waals surface area contributed by atoms with Crippen molar-refractivity contribution in [3.8, 4) is 22.8 Å². The molecule has 0 N–H and O–H groups in total. The van der Waals surface area contributed by atoms with Gasteiger partial charge < -0.3 is 23.8 Å². The highest BCUT2D eigenvalue weighted by Gasteiger charge is 2.35. The third-order valence-electron chi connectivity index (χ3n) is 7.72. The van der Waals surface area contributed by atoms with Gasteiger partial charge in [0.2, 0.25) is 0 Å². The maximum absolute atomic E-state index is 14.9. The molecule has 0 saturated carbocycles. The van der Waals surface area contributed by atoms with Crippen molar-refractivity contribution >= 4 is 17.8 Å². The van der Waals surface area contributed by atoms with Gasteiger partial charge in [-0.3, -0.25) is 19.4 Å². The van der Waals surface area contributed by atoms with Crippen LogP contribution in [0, 0.1) is 11.6 Å². The number of amides is 1. The van der Waals surface area contributed by atoms with Crippen LogP contribution in [0.25, 0.3) is 11.3 Å². The topological polar surface area (TPSA) is 117 Å². The van der Waals surface area contributed by atoms with E-state index in [4.69, 9.17) is 18.9 Å². The van der Waals surface area contributed by atoms with Gasteiger partial charge in [-0.15, -0.1) is 0 Å². The standard InChI is InChI=1S/C36H35F2N3O7/c1-36(2,3)48-35(44)31(34(43)47-6)20-10-12-23(39-17-20)14-22-15-27(32-25(37)8-7-9-26(32)38)40-28-19-41(33(42)30(22)28)18-21-11-13-24(45-4)16-29(21)46-5/h7-13,15-17,31H,14,18-19H2,1-6H3. The maximum Gasteiger partial charge on any atom is 0.325 e. The van der Waals surface area contributed by atoms with E-state index in [1.807, 2.05) is 0 Å². The average molecular weight is 660 g/mol. The lowest BCUT2D eigenvalue weighted by molar-refractivity contribution is -0.163. The fraction of sp³-hybridized carbons (Fsp3) is 0.306. The molecule has 0 aliphatic carbocycles. The van der Waals surface area contributed by atoms with Crippen LogP contribution in [0.2, 0.25) is 0 Å². The monoisotopic (exact) mass is 659 g/mol. The van der Waals surface area contributed by atoms with Crippen molar-refractivity contribution in [2.24, 2.45) is 0 Å². The van der Waals surface area contributed by atoms with E-state index >= 15 is 0 Å². The van der Waals surface area contributed by atoms with Crippen LogP contribution in [0.1, 0.15) is 65.1 Å². The van der Waals surface area contributed by atoms with E-state index in [1.165, 1.54) is 32.5 Å². The Morgan fingerprint density at radius 1 is 0.917 bits per heavy atom. The van der Waals surface area contributed by atoms with Gasteiger partial charge in [-0.05, 0) is 68.3 Å². The van der Waals surface area contributed by atoms with E-state index in [0.717, 1.165) is 17.7 Å². The van der Waals surface area contributed by atoms with Crippen LogP contribution in [0.4, 0.5) is 8.78 Å². The number of nitrogens with zero attached hydrogens (tertiary/aromatic N) is 3. The molecular weight excluding hydrogens is 624 g/mol. The first kappa shape index (κ1) is 34.0. The summed E-state index contributed by atoms with van der Waals surface area (Å²) in [5, 5.41) is 0. The molecule has 48 heavy (non-hydrogen) atoms. The van der Waals surface area contributed by atoms with Crippen LogP contribution in [0.15, 0.2) is 60.8 Å². The molecule has 10 nitrogen and oxygen atoms in total. The minimum absolute atomic E-state index is 0.0309. The summed E-state index contributed by atoms with van der Waals surface area (Å²) < 4.78 is 51.0. The van der Waals surface area contributed by atoms with Crippen LogP contribution in [-0.4, -0.2) is 59.6 Å². The van der Waals surface area contributed by atoms with Crippen LogP contribution >= 0.6 is 0 Å². The predicted molar refractivity (Wildman–Crippen MR) is 170 cm³/mol. The predicted octanol–water partition coefficient (Wildman–Crippen LogP) is 5.78. The highest BCUT2D eigenvalue weighted by atomic mass is 19.1. The van der Waals surface area contributed by atoms with Gasteiger partial charge in [-0.1, -0.05) is 12.1 Å². The SMILES string of the molecule is COC(=O)C(C(=O)OC(C)(C)C)c1ccc(Cc2cc(-c3c(F)cccc3F)nc3c2C(=O)N(Cc2ccc(OC)cc2OC)C3)nc1. The van der Waals surface area contributed by atoms with E-state index in [0.29, 0.717) is 34.0 Å². The molecule has 0 spiro atoms.